The van der Waals surface area contributed by atoms with Crippen LogP contribution in [0.15, 0.2) is 18.2 Å². The largest absolute Gasteiger partial charge is 0.394 e. The van der Waals surface area contributed by atoms with Gasteiger partial charge in [-0.2, -0.15) is 0 Å². The van der Waals surface area contributed by atoms with Crippen molar-refractivity contribution in [3.05, 3.63) is 34.3 Å². The fourth-order valence-corrected chi connectivity index (χ4v) is 4.35. The highest BCUT2D eigenvalue weighted by molar-refractivity contribution is 6.31. The Bertz CT molecular complexity index is 557. The molecule has 1 saturated heterocycles. The summed E-state index contributed by atoms with van der Waals surface area (Å²) in [6.07, 6.45) is 6.12. The van der Waals surface area contributed by atoms with Crippen LogP contribution in [0.5, 0.6) is 0 Å². The molecule has 0 aromatic heterocycles. The molecule has 1 aliphatic heterocycles. The van der Waals surface area contributed by atoms with E-state index in [-0.39, 0.29) is 18.8 Å². The summed E-state index contributed by atoms with van der Waals surface area (Å²) in [5, 5.41) is 20.2. The average Bonchev–Trinajstić information content (AvgIpc) is 2.63. The predicted molar refractivity (Wildman–Crippen MR) is 97.9 cm³/mol. The average molecular weight is 369 g/mol. The molecule has 2 fully saturated rings. The van der Waals surface area contributed by atoms with E-state index in [4.69, 9.17) is 21.1 Å². The SMILES string of the molecule is COC1CCC(Cc2cc(C3CC(O)CC(CO)O3)ccc2Cl)CC1. The molecule has 3 rings (SSSR count). The maximum absolute atomic E-state index is 10.0. The third-order valence-electron chi connectivity index (χ3n) is 5.66. The first kappa shape index (κ1) is 19.1. The Labute approximate surface area is 155 Å². The quantitative estimate of drug-likeness (QED) is 0.832. The molecule has 5 heteroatoms. The normalized spacial score (nSPS) is 33.4. The van der Waals surface area contributed by atoms with Crippen molar-refractivity contribution >= 4 is 11.6 Å². The minimum Gasteiger partial charge on any atom is -0.394 e. The lowest BCUT2D eigenvalue weighted by Gasteiger charge is -2.33. The van der Waals surface area contributed by atoms with Gasteiger partial charge in [-0.1, -0.05) is 23.7 Å². The molecule has 0 radical (unpaired) electrons. The van der Waals surface area contributed by atoms with E-state index in [1.807, 2.05) is 12.1 Å². The Balaban J connectivity index is 1.68. The summed E-state index contributed by atoms with van der Waals surface area (Å²) in [5.74, 6) is 0.641. The fourth-order valence-electron chi connectivity index (χ4n) is 4.16. The molecule has 1 aliphatic carbocycles. The molecule has 3 unspecified atom stereocenters. The van der Waals surface area contributed by atoms with Crippen LogP contribution in [-0.2, 0) is 15.9 Å². The summed E-state index contributed by atoms with van der Waals surface area (Å²) in [4.78, 5) is 0. The van der Waals surface area contributed by atoms with E-state index in [1.165, 1.54) is 12.8 Å². The van der Waals surface area contributed by atoms with Gasteiger partial charge < -0.3 is 19.7 Å². The third kappa shape index (κ3) is 4.95. The van der Waals surface area contributed by atoms with E-state index in [2.05, 4.69) is 6.07 Å². The third-order valence-corrected chi connectivity index (χ3v) is 6.03. The number of aliphatic hydroxyl groups is 2. The van der Waals surface area contributed by atoms with Crippen LogP contribution in [0.3, 0.4) is 0 Å². The van der Waals surface area contributed by atoms with Crippen LogP contribution in [0.1, 0.15) is 55.8 Å². The van der Waals surface area contributed by atoms with Gasteiger partial charge in [0.25, 0.3) is 0 Å². The zero-order valence-corrected chi connectivity index (χ0v) is 15.6. The van der Waals surface area contributed by atoms with Crippen LogP contribution in [0, 0.1) is 5.92 Å². The number of aliphatic hydroxyl groups excluding tert-OH is 2. The lowest BCUT2D eigenvalue weighted by atomic mass is 9.83. The molecule has 1 heterocycles. The standard InChI is InChI=1S/C20H29ClO4/c1-24-17-5-2-13(3-6-17)8-15-9-14(4-7-19(15)21)20-11-16(23)10-18(12-22)25-20/h4,7,9,13,16-18,20,22-23H,2-3,5-6,8,10-12H2,1H3. The van der Waals surface area contributed by atoms with Gasteiger partial charge in [0, 0.05) is 25.0 Å². The molecule has 3 atom stereocenters. The molecular formula is C20H29ClO4. The lowest BCUT2D eigenvalue weighted by Crippen LogP contribution is -2.33. The Morgan fingerprint density at radius 2 is 1.96 bits per heavy atom. The Hall–Kier alpha value is -0.650. The molecule has 1 aromatic carbocycles. The molecule has 25 heavy (non-hydrogen) atoms. The number of hydrogen-bond acceptors (Lipinski definition) is 4. The highest BCUT2D eigenvalue weighted by atomic mass is 35.5. The van der Waals surface area contributed by atoms with Gasteiger partial charge in [-0.3, -0.25) is 0 Å². The van der Waals surface area contributed by atoms with E-state index in [1.54, 1.807) is 7.11 Å². The van der Waals surface area contributed by atoms with Crippen molar-refractivity contribution < 1.29 is 19.7 Å². The predicted octanol–water partition coefficient (Wildman–Crippen LogP) is 3.66. The monoisotopic (exact) mass is 368 g/mol. The molecule has 0 bridgehead atoms. The second-order valence-corrected chi connectivity index (χ2v) is 7.90. The van der Waals surface area contributed by atoms with Gasteiger partial charge in [-0.25, -0.2) is 0 Å². The summed E-state index contributed by atoms with van der Waals surface area (Å²) in [6, 6.07) is 6.04. The summed E-state index contributed by atoms with van der Waals surface area (Å²) in [7, 11) is 1.80. The summed E-state index contributed by atoms with van der Waals surface area (Å²) in [5.41, 5.74) is 2.20. The second kappa shape index (κ2) is 8.83. The van der Waals surface area contributed by atoms with Crippen LogP contribution < -0.4 is 0 Å². The Morgan fingerprint density at radius 1 is 1.20 bits per heavy atom. The van der Waals surface area contributed by atoms with Crippen LogP contribution in [0.2, 0.25) is 5.02 Å². The summed E-state index contributed by atoms with van der Waals surface area (Å²) >= 11 is 6.44. The smallest absolute Gasteiger partial charge is 0.0854 e. The Morgan fingerprint density at radius 3 is 2.64 bits per heavy atom. The Kier molecular flexibility index (Phi) is 6.75. The van der Waals surface area contributed by atoms with Gasteiger partial charge in [-0.15, -0.1) is 0 Å². The first-order valence-corrected chi connectivity index (χ1v) is 9.72. The molecule has 1 saturated carbocycles. The molecule has 2 aliphatic rings. The zero-order valence-electron chi connectivity index (χ0n) is 14.9. The molecule has 0 amide bonds. The van der Waals surface area contributed by atoms with Gasteiger partial charge in [0.05, 0.1) is 31.0 Å². The van der Waals surface area contributed by atoms with E-state index < -0.39 is 6.10 Å². The number of hydrogen-bond donors (Lipinski definition) is 2. The summed E-state index contributed by atoms with van der Waals surface area (Å²) in [6.45, 7) is -0.0588. The van der Waals surface area contributed by atoms with Gasteiger partial charge in [0.15, 0.2) is 0 Å². The first-order valence-electron chi connectivity index (χ1n) is 9.34. The number of rotatable bonds is 5. The highest BCUT2D eigenvalue weighted by Gasteiger charge is 2.29. The molecule has 2 N–H and O–H groups in total. The van der Waals surface area contributed by atoms with Gasteiger partial charge >= 0.3 is 0 Å². The number of halogens is 1. The summed E-state index contributed by atoms with van der Waals surface area (Å²) < 4.78 is 11.4. The van der Waals surface area contributed by atoms with Crippen LogP contribution in [0.25, 0.3) is 0 Å². The van der Waals surface area contributed by atoms with Crippen molar-refractivity contribution in [2.75, 3.05) is 13.7 Å². The van der Waals surface area contributed by atoms with E-state index in [9.17, 15) is 10.2 Å². The number of methoxy groups -OCH3 is 1. The van der Waals surface area contributed by atoms with Crippen molar-refractivity contribution in [2.45, 2.75) is 69.4 Å². The molecule has 1 aromatic rings. The van der Waals surface area contributed by atoms with Crippen LogP contribution >= 0.6 is 11.6 Å². The topological polar surface area (TPSA) is 58.9 Å². The highest BCUT2D eigenvalue weighted by Crippen LogP contribution is 2.35. The van der Waals surface area contributed by atoms with Crippen LogP contribution in [-0.4, -0.2) is 42.2 Å². The number of ether oxygens (including phenoxy) is 2. The molecule has 4 nitrogen and oxygen atoms in total. The minimum absolute atomic E-state index is 0.0588. The van der Waals surface area contributed by atoms with Crippen molar-refractivity contribution in [1.82, 2.24) is 0 Å². The minimum atomic E-state index is -0.431. The van der Waals surface area contributed by atoms with Crippen molar-refractivity contribution in [2.24, 2.45) is 5.92 Å². The van der Waals surface area contributed by atoms with Crippen molar-refractivity contribution in [3.8, 4) is 0 Å². The molecule has 0 spiro atoms. The lowest BCUT2D eigenvalue weighted by molar-refractivity contribution is -0.113. The first-order chi connectivity index (χ1) is 12.1. The molecule has 140 valence electrons. The van der Waals surface area contributed by atoms with E-state index in [0.717, 1.165) is 35.4 Å². The zero-order chi connectivity index (χ0) is 17.8. The van der Waals surface area contributed by atoms with Gasteiger partial charge in [0.2, 0.25) is 0 Å². The van der Waals surface area contributed by atoms with Gasteiger partial charge in [0.1, 0.15) is 0 Å². The second-order valence-electron chi connectivity index (χ2n) is 7.49. The fraction of sp³-hybridized carbons (Fsp3) is 0.700. The number of benzene rings is 1. The van der Waals surface area contributed by atoms with E-state index >= 15 is 0 Å². The van der Waals surface area contributed by atoms with Crippen molar-refractivity contribution in [1.29, 1.82) is 0 Å². The van der Waals surface area contributed by atoms with Crippen LogP contribution in [0.4, 0.5) is 0 Å². The maximum Gasteiger partial charge on any atom is 0.0854 e. The maximum atomic E-state index is 10.0. The molecular weight excluding hydrogens is 340 g/mol. The van der Waals surface area contributed by atoms with E-state index in [0.29, 0.717) is 24.9 Å². The van der Waals surface area contributed by atoms with Gasteiger partial charge in [-0.05, 0) is 55.2 Å². The van der Waals surface area contributed by atoms with Crippen molar-refractivity contribution in [3.63, 3.8) is 0 Å².